The fourth-order valence-electron chi connectivity index (χ4n) is 9.44. The van der Waals surface area contributed by atoms with Gasteiger partial charge in [-0.15, -0.1) is 0 Å². The van der Waals surface area contributed by atoms with E-state index in [-0.39, 0.29) is 6.10 Å². The molecule has 0 spiro atoms. The van der Waals surface area contributed by atoms with E-state index in [0.29, 0.717) is 10.8 Å². The molecule has 4 aliphatic rings. The van der Waals surface area contributed by atoms with E-state index in [1.807, 2.05) is 6.08 Å². The van der Waals surface area contributed by atoms with Crippen LogP contribution in [0.25, 0.3) is 0 Å². The summed E-state index contributed by atoms with van der Waals surface area (Å²) in [5.41, 5.74) is 2.60. The van der Waals surface area contributed by atoms with E-state index in [0.717, 1.165) is 47.8 Å². The van der Waals surface area contributed by atoms with Gasteiger partial charge in [-0.25, -0.2) is 0 Å². The summed E-state index contributed by atoms with van der Waals surface area (Å²) in [4.78, 5) is 0. The molecule has 33 heavy (non-hydrogen) atoms. The fourth-order valence-corrected chi connectivity index (χ4v) is 9.44. The molecule has 0 aliphatic heterocycles. The highest BCUT2D eigenvalue weighted by atomic mass is 16.3. The van der Waals surface area contributed by atoms with Gasteiger partial charge in [0, 0.05) is 0 Å². The summed E-state index contributed by atoms with van der Waals surface area (Å²) in [5.74, 6) is 6.47. The summed E-state index contributed by atoms with van der Waals surface area (Å²) >= 11 is 0. The molecule has 0 saturated heterocycles. The van der Waals surface area contributed by atoms with Gasteiger partial charge >= 0.3 is 0 Å². The number of rotatable bonds is 8. The van der Waals surface area contributed by atoms with Crippen LogP contribution in [0.5, 0.6) is 0 Å². The van der Waals surface area contributed by atoms with Gasteiger partial charge in [0.05, 0.1) is 6.10 Å². The van der Waals surface area contributed by atoms with Gasteiger partial charge in [0.1, 0.15) is 0 Å². The summed E-state index contributed by atoms with van der Waals surface area (Å²) in [7, 11) is 0. The number of hydrogen-bond donors (Lipinski definition) is 1. The molecule has 3 saturated carbocycles. The van der Waals surface area contributed by atoms with Crippen LogP contribution in [0.2, 0.25) is 0 Å². The summed E-state index contributed by atoms with van der Waals surface area (Å²) in [6.07, 6.45) is 23.0. The molecule has 1 N–H and O–H groups in total. The van der Waals surface area contributed by atoms with Gasteiger partial charge in [-0.1, -0.05) is 84.6 Å². The van der Waals surface area contributed by atoms with Crippen molar-refractivity contribution in [1.29, 1.82) is 0 Å². The smallest absolute Gasteiger partial charge is 0.0721 e. The van der Waals surface area contributed by atoms with Crippen molar-refractivity contribution in [3.63, 3.8) is 0 Å². The highest BCUT2D eigenvalue weighted by molar-refractivity contribution is 5.26. The zero-order valence-electron chi connectivity index (χ0n) is 22.8. The fraction of sp³-hybridized carbons (Fsp3) is 0.875. The van der Waals surface area contributed by atoms with Crippen LogP contribution >= 0.6 is 0 Å². The van der Waals surface area contributed by atoms with E-state index in [1.165, 1.54) is 76.2 Å². The van der Waals surface area contributed by atoms with Crippen molar-refractivity contribution in [3.05, 3.63) is 23.8 Å². The third-order valence-corrected chi connectivity index (χ3v) is 11.5. The summed E-state index contributed by atoms with van der Waals surface area (Å²) < 4.78 is 0. The molecule has 8 unspecified atom stereocenters. The molecule has 1 nitrogen and oxygen atoms in total. The van der Waals surface area contributed by atoms with Gasteiger partial charge in [-0.3, -0.25) is 0 Å². The van der Waals surface area contributed by atoms with Crippen molar-refractivity contribution >= 4 is 0 Å². The van der Waals surface area contributed by atoms with Gasteiger partial charge in [-0.2, -0.15) is 0 Å². The third kappa shape index (κ3) is 4.92. The molecule has 4 aliphatic carbocycles. The molecule has 0 aromatic carbocycles. The Bertz CT molecular complexity index is 718. The Labute approximate surface area is 205 Å². The van der Waals surface area contributed by atoms with Crippen molar-refractivity contribution in [2.24, 2.45) is 52.3 Å². The Morgan fingerprint density at radius 1 is 1.00 bits per heavy atom. The predicted molar refractivity (Wildman–Crippen MR) is 142 cm³/mol. The largest absolute Gasteiger partial charge is 0.389 e. The van der Waals surface area contributed by atoms with Gasteiger partial charge in [0.15, 0.2) is 0 Å². The van der Waals surface area contributed by atoms with E-state index >= 15 is 0 Å². The maximum absolute atomic E-state index is 9.96. The number of hydrogen-bond acceptors (Lipinski definition) is 1. The maximum Gasteiger partial charge on any atom is 0.0721 e. The quantitative estimate of drug-likeness (QED) is 0.388. The van der Waals surface area contributed by atoms with Crippen LogP contribution in [0.4, 0.5) is 0 Å². The van der Waals surface area contributed by atoms with Crippen molar-refractivity contribution in [2.45, 2.75) is 125 Å². The highest BCUT2D eigenvalue weighted by Gasteiger charge is 2.60. The second kappa shape index (κ2) is 10.2. The topological polar surface area (TPSA) is 20.2 Å². The predicted octanol–water partition coefficient (Wildman–Crippen LogP) is 8.97. The first kappa shape index (κ1) is 25.5. The minimum atomic E-state index is -0.283. The second-order valence-electron chi connectivity index (χ2n) is 13.7. The highest BCUT2D eigenvalue weighted by Crippen LogP contribution is 2.68. The molecule has 0 radical (unpaired) electrons. The van der Waals surface area contributed by atoms with Crippen molar-refractivity contribution in [3.8, 4) is 0 Å². The molecule has 1 heteroatoms. The molecule has 4 rings (SSSR count). The number of aliphatic hydroxyl groups excluding tert-OH is 1. The minimum absolute atomic E-state index is 0.283. The lowest BCUT2D eigenvalue weighted by molar-refractivity contribution is -0.101. The molecular weight excluding hydrogens is 400 g/mol. The first-order valence-electron chi connectivity index (χ1n) is 14.7. The maximum atomic E-state index is 9.96. The van der Waals surface area contributed by atoms with Crippen LogP contribution in [-0.2, 0) is 0 Å². The summed E-state index contributed by atoms with van der Waals surface area (Å²) in [5, 5.41) is 9.96. The number of aliphatic hydroxyl groups is 1. The zero-order valence-corrected chi connectivity index (χ0v) is 22.8. The van der Waals surface area contributed by atoms with E-state index in [2.05, 4.69) is 53.7 Å². The van der Waals surface area contributed by atoms with Crippen molar-refractivity contribution in [2.75, 3.05) is 0 Å². The SMILES string of the molecule is CCC(O)/C=C/C1=CCC2(C)C3CCC4(C)C(C(C)CCCC(C)C)CCC4C3CC[C@H]2C1. The van der Waals surface area contributed by atoms with E-state index in [9.17, 15) is 5.11 Å². The molecule has 3 fully saturated rings. The van der Waals surface area contributed by atoms with Crippen LogP contribution in [0.15, 0.2) is 23.8 Å². The first-order chi connectivity index (χ1) is 15.7. The van der Waals surface area contributed by atoms with Crippen LogP contribution in [0.1, 0.15) is 119 Å². The summed E-state index contributed by atoms with van der Waals surface area (Å²) in [6, 6.07) is 0. The van der Waals surface area contributed by atoms with E-state index < -0.39 is 0 Å². The van der Waals surface area contributed by atoms with E-state index in [1.54, 1.807) is 0 Å². The number of fused-ring (bicyclic) bond motifs is 5. The average Bonchev–Trinajstić information content (AvgIpc) is 3.14. The van der Waals surface area contributed by atoms with Crippen LogP contribution < -0.4 is 0 Å². The molecule has 9 atom stereocenters. The Balaban J connectivity index is 1.44. The molecule has 188 valence electrons. The minimum Gasteiger partial charge on any atom is -0.389 e. The van der Waals surface area contributed by atoms with Crippen molar-refractivity contribution in [1.82, 2.24) is 0 Å². The second-order valence-corrected chi connectivity index (χ2v) is 13.7. The molecule has 0 amide bonds. The molecular formula is C32H54O. The Morgan fingerprint density at radius 3 is 2.48 bits per heavy atom. The molecule has 0 heterocycles. The van der Waals surface area contributed by atoms with Crippen LogP contribution in [0.3, 0.4) is 0 Å². The van der Waals surface area contributed by atoms with Crippen molar-refractivity contribution < 1.29 is 5.11 Å². The Morgan fingerprint density at radius 2 is 1.76 bits per heavy atom. The Hall–Kier alpha value is -0.560. The summed E-state index contributed by atoms with van der Waals surface area (Å²) in [6.45, 7) is 14.8. The lowest BCUT2D eigenvalue weighted by Crippen LogP contribution is -2.52. The Kier molecular flexibility index (Phi) is 7.89. The monoisotopic (exact) mass is 454 g/mol. The van der Waals surface area contributed by atoms with Gasteiger partial charge in [0.25, 0.3) is 0 Å². The van der Waals surface area contributed by atoms with E-state index in [4.69, 9.17) is 0 Å². The van der Waals surface area contributed by atoms with Crippen LogP contribution in [-0.4, -0.2) is 11.2 Å². The number of allylic oxidation sites excluding steroid dienone is 3. The molecule has 0 aromatic heterocycles. The zero-order chi connectivity index (χ0) is 23.8. The lowest BCUT2D eigenvalue weighted by Gasteiger charge is -2.60. The van der Waals surface area contributed by atoms with Gasteiger partial charge < -0.3 is 5.11 Å². The normalized spacial score (nSPS) is 42.5. The first-order valence-corrected chi connectivity index (χ1v) is 14.7. The standard InChI is InChI=1S/C32H54O/c1-7-26(33)13-11-24-17-19-31(5)25(21-24)12-14-27-29-16-15-28(23(4)10-8-9-22(2)3)32(29,6)20-18-30(27)31/h11,13,17,22-23,25-30,33H,7-10,12,14-16,18-21H2,1-6H3/b13-11+/t23?,25-,26?,27?,28?,29?,30?,31?,32?/m0/s1. The molecule has 0 bridgehead atoms. The lowest BCUT2D eigenvalue weighted by atomic mass is 9.45. The molecule has 0 aromatic rings. The van der Waals surface area contributed by atoms with Crippen LogP contribution in [0, 0.1) is 52.3 Å². The van der Waals surface area contributed by atoms with Gasteiger partial charge in [0.2, 0.25) is 0 Å². The third-order valence-electron chi connectivity index (χ3n) is 11.5. The van der Waals surface area contributed by atoms with Gasteiger partial charge in [-0.05, 0) is 110 Å². The average molecular weight is 455 g/mol.